The third-order valence-corrected chi connectivity index (χ3v) is 3.73. The number of halogens is 2. The normalized spacial score (nSPS) is 10.8. The lowest BCUT2D eigenvalue weighted by molar-refractivity contribution is 0.0603. The van der Waals surface area contributed by atoms with Crippen LogP contribution in [0.2, 0.25) is 5.02 Å². The van der Waals surface area contributed by atoms with Crippen LogP contribution in [0.3, 0.4) is 0 Å². The summed E-state index contributed by atoms with van der Waals surface area (Å²) in [4.78, 5) is 19.5. The van der Waals surface area contributed by atoms with Gasteiger partial charge in [-0.2, -0.15) is 0 Å². The first-order valence-corrected chi connectivity index (χ1v) is 7.29. The van der Waals surface area contributed by atoms with E-state index in [1.54, 1.807) is 18.2 Å². The number of para-hydroxylation sites is 1. The lowest BCUT2D eigenvalue weighted by atomic mass is 10.2. The van der Waals surface area contributed by atoms with Crippen LogP contribution in [-0.2, 0) is 4.74 Å². The van der Waals surface area contributed by atoms with Gasteiger partial charge in [-0.1, -0.05) is 33.6 Å². The molecule has 0 saturated heterocycles. The second-order valence-corrected chi connectivity index (χ2v) is 5.79. The summed E-state index contributed by atoms with van der Waals surface area (Å²) in [5, 5.41) is 0.605. The van der Waals surface area contributed by atoms with Crippen molar-refractivity contribution in [3.63, 3.8) is 0 Å². The SMILES string of the molecule is COC(=O)c1cccc2[nH]c(-c3cc(Cl)cc(Br)c3)nc12. The summed E-state index contributed by atoms with van der Waals surface area (Å²) in [6.07, 6.45) is 0. The second kappa shape index (κ2) is 5.50. The fraction of sp³-hybridized carbons (Fsp3) is 0.0667. The molecule has 2 aromatic carbocycles. The van der Waals surface area contributed by atoms with Crippen molar-refractivity contribution in [2.24, 2.45) is 0 Å². The maximum atomic E-state index is 11.8. The van der Waals surface area contributed by atoms with Crippen LogP contribution in [-0.4, -0.2) is 23.0 Å². The molecule has 3 rings (SSSR count). The number of imidazole rings is 1. The topological polar surface area (TPSA) is 55.0 Å². The Balaban J connectivity index is 2.19. The van der Waals surface area contributed by atoms with Crippen LogP contribution in [0, 0.1) is 0 Å². The number of ether oxygens (including phenoxy) is 1. The molecule has 0 atom stereocenters. The molecule has 0 amide bonds. The van der Waals surface area contributed by atoms with Crippen molar-refractivity contribution in [1.29, 1.82) is 0 Å². The molecule has 0 radical (unpaired) electrons. The van der Waals surface area contributed by atoms with Crippen LogP contribution in [0.4, 0.5) is 0 Å². The van der Waals surface area contributed by atoms with Gasteiger partial charge in [0.2, 0.25) is 0 Å². The highest BCUT2D eigenvalue weighted by atomic mass is 79.9. The van der Waals surface area contributed by atoms with Gasteiger partial charge in [-0.3, -0.25) is 0 Å². The monoisotopic (exact) mass is 364 g/mol. The average molecular weight is 366 g/mol. The molecule has 0 aliphatic carbocycles. The quantitative estimate of drug-likeness (QED) is 0.683. The van der Waals surface area contributed by atoms with Gasteiger partial charge in [-0.15, -0.1) is 0 Å². The largest absolute Gasteiger partial charge is 0.465 e. The highest BCUT2D eigenvalue weighted by Crippen LogP contribution is 2.28. The number of methoxy groups -OCH3 is 1. The highest BCUT2D eigenvalue weighted by Gasteiger charge is 2.15. The molecule has 0 unspecified atom stereocenters. The van der Waals surface area contributed by atoms with Gasteiger partial charge in [-0.25, -0.2) is 9.78 Å². The molecule has 3 aromatic rings. The van der Waals surface area contributed by atoms with Gasteiger partial charge in [-0.05, 0) is 30.3 Å². The van der Waals surface area contributed by atoms with Crippen molar-refractivity contribution in [2.75, 3.05) is 7.11 Å². The Morgan fingerprint density at radius 3 is 2.86 bits per heavy atom. The number of rotatable bonds is 2. The van der Waals surface area contributed by atoms with E-state index in [1.165, 1.54) is 7.11 Å². The van der Waals surface area contributed by atoms with E-state index in [2.05, 4.69) is 25.9 Å². The Bertz CT molecular complexity index is 825. The first-order valence-electron chi connectivity index (χ1n) is 6.12. The molecule has 1 N–H and O–H groups in total. The number of hydrogen-bond acceptors (Lipinski definition) is 3. The number of fused-ring (bicyclic) bond motifs is 1. The standard InChI is InChI=1S/C15H10BrClN2O2/c1-21-15(20)11-3-2-4-12-13(11)19-14(18-12)8-5-9(16)7-10(17)6-8/h2-7H,1H3,(H,18,19). The zero-order chi connectivity index (χ0) is 15.0. The van der Waals surface area contributed by atoms with Crippen molar-refractivity contribution in [3.8, 4) is 11.4 Å². The maximum absolute atomic E-state index is 11.8. The van der Waals surface area contributed by atoms with E-state index in [0.29, 0.717) is 21.9 Å². The first-order chi connectivity index (χ1) is 10.1. The van der Waals surface area contributed by atoms with Crippen LogP contribution in [0.25, 0.3) is 22.4 Å². The van der Waals surface area contributed by atoms with E-state index in [1.807, 2.05) is 18.2 Å². The Labute approximate surface area is 134 Å². The number of esters is 1. The summed E-state index contributed by atoms with van der Waals surface area (Å²) in [6, 6.07) is 10.8. The lowest BCUT2D eigenvalue weighted by Gasteiger charge is -1.99. The molecule has 0 aliphatic rings. The van der Waals surface area contributed by atoms with Crippen LogP contribution in [0.15, 0.2) is 40.9 Å². The number of H-pyrrole nitrogens is 1. The average Bonchev–Trinajstić information content (AvgIpc) is 2.89. The zero-order valence-corrected chi connectivity index (χ0v) is 13.3. The summed E-state index contributed by atoms with van der Waals surface area (Å²) >= 11 is 9.46. The van der Waals surface area contributed by atoms with Crippen LogP contribution in [0.1, 0.15) is 10.4 Å². The molecule has 21 heavy (non-hydrogen) atoms. The van der Waals surface area contributed by atoms with Crippen molar-refractivity contribution >= 4 is 44.5 Å². The molecule has 1 heterocycles. The highest BCUT2D eigenvalue weighted by molar-refractivity contribution is 9.10. The smallest absolute Gasteiger partial charge is 0.340 e. The predicted octanol–water partition coefficient (Wildman–Crippen LogP) is 4.43. The summed E-state index contributed by atoms with van der Waals surface area (Å²) in [7, 11) is 1.35. The summed E-state index contributed by atoms with van der Waals surface area (Å²) in [5.41, 5.74) is 2.61. The van der Waals surface area contributed by atoms with Crippen molar-refractivity contribution in [3.05, 3.63) is 51.5 Å². The number of aromatic nitrogens is 2. The van der Waals surface area contributed by atoms with E-state index in [9.17, 15) is 4.79 Å². The lowest BCUT2D eigenvalue weighted by Crippen LogP contribution is -2.01. The van der Waals surface area contributed by atoms with Crippen LogP contribution < -0.4 is 0 Å². The Kier molecular flexibility index (Phi) is 3.69. The van der Waals surface area contributed by atoms with E-state index >= 15 is 0 Å². The van der Waals surface area contributed by atoms with Gasteiger partial charge in [0.1, 0.15) is 11.3 Å². The maximum Gasteiger partial charge on any atom is 0.340 e. The minimum atomic E-state index is -0.411. The molecular weight excluding hydrogens is 356 g/mol. The number of nitrogens with one attached hydrogen (secondary N) is 1. The van der Waals surface area contributed by atoms with E-state index in [-0.39, 0.29) is 0 Å². The zero-order valence-electron chi connectivity index (χ0n) is 11.0. The Morgan fingerprint density at radius 2 is 2.14 bits per heavy atom. The van der Waals surface area contributed by atoms with Gasteiger partial charge < -0.3 is 9.72 Å². The molecular formula is C15H10BrClN2O2. The summed E-state index contributed by atoms with van der Waals surface area (Å²) < 4.78 is 5.64. The van der Waals surface area contributed by atoms with Crippen molar-refractivity contribution in [2.45, 2.75) is 0 Å². The molecule has 0 bridgehead atoms. The van der Waals surface area contributed by atoms with Crippen LogP contribution in [0.5, 0.6) is 0 Å². The molecule has 0 saturated carbocycles. The van der Waals surface area contributed by atoms with Gasteiger partial charge in [0.25, 0.3) is 0 Å². The molecule has 1 aromatic heterocycles. The Morgan fingerprint density at radius 1 is 1.33 bits per heavy atom. The number of nitrogens with zero attached hydrogens (tertiary/aromatic N) is 1. The van der Waals surface area contributed by atoms with Gasteiger partial charge in [0.05, 0.1) is 18.2 Å². The first kappa shape index (κ1) is 14.1. The number of carbonyl (C=O) groups is 1. The van der Waals surface area contributed by atoms with Gasteiger partial charge in [0.15, 0.2) is 0 Å². The summed E-state index contributed by atoms with van der Waals surface area (Å²) in [6.45, 7) is 0. The minimum Gasteiger partial charge on any atom is -0.465 e. The fourth-order valence-electron chi connectivity index (χ4n) is 2.13. The number of benzene rings is 2. The molecule has 6 heteroatoms. The van der Waals surface area contributed by atoms with Crippen molar-refractivity contribution < 1.29 is 9.53 Å². The third kappa shape index (κ3) is 2.66. The minimum absolute atomic E-state index is 0.411. The summed E-state index contributed by atoms with van der Waals surface area (Å²) in [5.74, 6) is 0.232. The molecule has 0 aliphatic heterocycles. The predicted molar refractivity (Wildman–Crippen MR) is 85.6 cm³/mol. The number of carbonyl (C=O) groups excluding carboxylic acids is 1. The van der Waals surface area contributed by atoms with E-state index in [0.717, 1.165) is 15.6 Å². The van der Waals surface area contributed by atoms with Gasteiger partial charge >= 0.3 is 5.97 Å². The fourth-order valence-corrected chi connectivity index (χ4v) is 2.99. The van der Waals surface area contributed by atoms with Crippen LogP contribution >= 0.6 is 27.5 Å². The van der Waals surface area contributed by atoms with E-state index < -0.39 is 5.97 Å². The number of aromatic amines is 1. The van der Waals surface area contributed by atoms with Crippen molar-refractivity contribution in [1.82, 2.24) is 9.97 Å². The van der Waals surface area contributed by atoms with E-state index in [4.69, 9.17) is 16.3 Å². The Hall–Kier alpha value is -1.85. The second-order valence-electron chi connectivity index (χ2n) is 4.44. The number of hydrogen-bond donors (Lipinski definition) is 1. The molecule has 106 valence electrons. The molecule has 0 spiro atoms. The molecule has 4 nitrogen and oxygen atoms in total. The third-order valence-electron chi connectivity index (χ3n) is 3.05. The van der Waals surface area contributed by atoms with Gasteiger partial charge in [0, 0.05) is 15.1 Å². The molecule has 0 fully saturated rings.